The van der Waals surface area contributed by atoms with Crippen LogP contribution in [0.1, 0.15) is 36.8 Å². The molecule has 0 saturated carbocycles. The number of amides is 2. The molecule has 2 amide bonds. The van der Waals surface area contributed by atoms with Crippen molar-refractivity contribution in [3.63, 3.8) is 0 Å². The van der Waals surface area contributed by atoms with E-state index in [0.717, 1.165) is 22.3 Å². The van der Waals surface area contributed by atoms with Crippen molar-refractivity contribution in [3.05, 3.63) is 59.7 Å². The molecule has 2 N–H and O–H groups in total. The number of benzene rings is 2. The van der Waals surface area contributed by atoms with E-state index in [2.05, 4.69) is 5.32 Å². The molecule has 1 heterocycles. The summed E-state index contributed by atoms with van der Waals surface area (Å²) in [6, 6.07) is 14.1. The van der Waals surface area contributed by atoms with E-state index in [1.807, 2.05) is 48.5 Å². The van der Waals surface area contributed by atoms with Crippen LogP contribution >= 0.6 is 0 Å². The number of halogens is 2. The van der Waals surface area contributed by atoms with Gasteiger partial charge in [-0.25, -0.2) is 13.6 Å². The predicted octanol–water partition coefficient (Wildman–Crippen LogP) is 3.87. The summed E-state index contributed by atoms with van der Waals surface area (Å²) in [5, 5.41) is 11.6. The van der Waals surface area contributed by atoms with Crippen molar-refractivity contribution in [2.45, 2.75) is 38.2 Å². The summed E-state index contributed by atoms with van der Waals surface area (Å²) < 4.78 is 31.6. The third kappa shape index (κ3) is 4.34. The van der Waals surface area contributed by atoms with Crippen LogP contribution in [0.15, 0.2) is 48.5 Å². The predicted molar refractivity (Wildman–Crippen MR) is 120 cm³/mol. The summed E-state index contributed by atoms with van der Waals surface area (Å²) >= 11 is 0. The molecule has 7 nitrogen and oxygen atoms in total. The number of rotatable bonds is 8. The molecule has 2 aliphatic rings. The molecule has 1 atom stereocenters. The summed E-state index contributed by atoms with van der Waals surface area (Å²) in [5.41, 5.74) is 3.03. The Kier molecular flexibility index (Phi) is 6.54. The summed E-state index contributed by atoms with van der Waals surface area (Å²) in [7, 11) is 0. The Bertz CT molecular complexity index is 1050. The summed E-state index contributed by atoms with van der Waals surface area (Å²) in [4.78, 5) is 37.9. The molecule has 4 rings (SSSR count). The first-order chi connectivity index (χ1) is 16.3. The Labute approximate surface area is 195 Å². The zero-order valence-corrected chi connectivity index (χ0v) is 18.7. The third-order valence-corrected chi connectivity index (χ3v) is 6.78. The van der Waals surface area contributed by atoms with Gasteiger partial charge in [0.1, 0.15) is 18.1 Å². The van der Waals surface area contributed by atoms with Crippen LogP contribution in [0.5, 0.6) is 0 Å². The maximum absolute atomic E-state index is 13.1. The van der Waals surface area contributed by atoms with Gasteiger partial charge in [0.15, 0.2) is 0 Å². The molecule has 0 radical (unpaired) electrons. The second kappa shape index (κ2) is 9.40. The van der Waals surface area contributed by atoms with Crippen molar-refractivity contribution in [1.82, 2.24) is 10.2 Å². The Hall–Kier alpha value is -3.49. The number of carboxylic acid groups (broad SMARTS) is 1. The normalized spacial score (nSPS) is 16.9. The minimum absolute atomic E-state index is 0.0167. The highest BCUT2D eigenvalue weighted by Crippen LogP contribution is 2.44. The first-order valence-corrected chi connectivity index (χ1v) is 11.2. The highest BCUT2D eigenvalue weighted by Gasteiger charge is 2.51. The molecule has 34 heavy (non-hydrogen) atoms. The molecule has 180 valence electrons. The first-order valence-electron chi connectivity index (χ1n) is 11.2. The van der Waals surface area contributed by atoms with E-state index in [1.165, 1.54) is 4.90 Å². The summed E-state index contributed by atoms with van der Waals surface area (Å²) in [6.45, 7) is 1.52. The van der Waals surface area contributed by atoms with Gasteiger partial charge in [-0.05, 0) is 28.7 Å². The van der Waals surface area contributed by atoms with Gasteiger partial charge in [-0.2, -0.15) is 0 Å². The van der Waals surface area contributed by atoms with Crippen molar-refractivity contribution < 1.29 is 33.0 Å². The Morgan fingerprint density at radius 2 is 1.65 bits per heavy atom. The molecule has 1 aliphatic carbocycles. The SMILES string of the molecule is CCC1(C(=O)O)CN(C(=O)C(CC(F)F)NC(=O)OCC2c3ccccc3-c3ccccc32)C1. The fraction of sp³-hybridized carbons (Fsp3) is 0.400. The number of likely N-dealkylation sites (tertiary alicyclic amines) is 1. The molecule has 9 heteroatoms. The number of aliphatic carboxylic acids is 1. The molecule has 1 saturated heterocycles. The minimum atomic E-state index is -2.83. The number of carbonyl (C=O) groups excluding carboxylic acids is 2. The lowest BCUT2D eigenvalue weighted by atomic mass is 9.77. The monoisotopic (exact) mass is 472 g/mol. The number of hydrogen-bond donors (Lipinski definition) is 2. The number of alkyl carbamates (subject to hydrolysis) is 1. The van der Waals surface area contributed by atoms with Gasteiger partial charge in [0.05, 0.1) is 0 Å². The zero-order valence-electron chi connectivity index (χ0n) is 18.7. The number of hydrogen-bond acceptors (Lipinski definition) is 4. The number of fused-ring (bicyclic) bond motifs is 3. The second-order valence-corrected chi connectivity index (χ2v) is 8.78. The fourth-order valence-corrected chi connectivity index (χ4v) is 4.75. The standard InChI is InChI=1S/C25H26F2N2O5/c1-2-25(23(31)32)13-29(14-25)22(30)20(11-21(26)27)28-24(33)34-12-19-17-9-5-3-7-15(17)16-8-4-6-10-18(16)19/h3-10,19-21H,2,11-14H2,1H3,(H,28,33)(H,31,32). The zero-order chi connectivity index (χ0) is 24.5. The molecule has 2 aromatic rings. The fourth-order valence-electron chi connectivity index (χ4n) is 4.75. The van der Waals surface area contributed by atoms with Crippen molar-refractivity contribution in [1.29, 1.82) is 0 Å². The van der Waals surface area contributed by atoms with Crippen molar-refractivity contribution in [2.24, 2.45) is 5.41 Å². The lowest BCUT2D eigenvalue weighted by molar-refractivity contribution is -0.167. The van der Waals surface area contributed by atoms with Gasteiger partial charge < -0.3 is 20.1 Å². The molecular formula is C25H26F2N2O5. The van der Waals surface area contributed by atoms with Crippen LogP contribution in [0.3, 0.4) is 0 Å². The van der Waals surface area contributed by atoms with Crippen molar-refractivity contribution in [3.8, 4) is 11.1 Å². The van der Waals surface area contributed by atoms with Crippen LogP contribution < -0.4 is 5.32 Å². The molecule has 2 aromatic carbocycles. The Morgan fingerprint density at radius 3 is 2.15 bits per heavy atom. The molecular weight excluding hydrogens is 446 g/mol. The van der Waals surface area contributed by atoms with Crippen LogP contribution in [-0.2, 0) is 14.3 Å². The largest absolute Gasteiger partial charge is 0.481 e. The lowest BCUT2D eigenvalue weighted by Crippen LogP contribution is -2.65. The molecule has 0 bridgehead atoms. The number of nitrogens with one attached hydrogen (secondary N) is 1. The van der Waals surface area contributed by atoms with Crippen LogP contribution in [0, 0.1) is 5.41 Å². The second-order valence-electron chi connectivity index (χ2n) is 8.78. The minimum Gasteiger partial charge on any atom is -0.481 e. The van der Waals surface area contributed by atoms with E-state index in [4.69, 9.17) is 4.74 Å². The van der Waals surface area contributed by atoms with E-state index < -0.39 is 42.3 Å². The Morgan fingerprint density at radius 1 is 1.09 bits per heavy atom. The van der Waals surface area contributed by atoms with Crippen LogP contribution in [-0.4, -0.2) is 60.1 Å². The topological polar surface area (TPSA) is 95.9 Å². The maximum atomic E-state index is 13.1. The number of alkyl halides is 2. The van der Waals surface area contributed by atoms with Gasteiger partial charge in [0.25, 0.3) is 0 Å². The van der Waals surface area contributed by atoms with Gasteiger partial charge in [-0.15, -0.1) is 0 Å². The van der Waals surface area contributed by atoms with E-state index >= 15 is 0 Å². The number of carboxylic acids is 1. The molecule has 0 spiro atoms. The van der Waals surface area contributed by atoms with Gasteiger partial charge in [0.2, 0.25) is 12.3 Å². The highest BCUT2D eigenvalue weighted by molar-refractivity contribution is 5.89. The number of ether oxygens (including phenoxy) is 1. The Balaban J connectivity index is 1.41. The number of carbonyl (C=O) groups is 3. The summed E-state index contributed by atoms with van der Waals surface area (Å²) in [6.07, 6.45) is -4.38. The van der Waals surface area contributed by atoms with E-state index in [0.29, 0.717) is 6.42 Å². The smallest absolute Gasteiger partial charge is 0.407 e. The molecule has 0 aromatic heterocycles. The third-order valence-electron chi connectivity index (χ3n) is 6.78. The van der Waals surface area contributed by atoms with E-state index in [9.17, 15) is 28.3 Å². The average molecular weight is 472 g/mol. The van der Waals surface area contributed by atoms with Crippen LogP contribution in [0.4, 0.5) is 13.6 Å². The first kappa shape index (κ1) is 23.7. The summed E-state index contributed by atoms with van der Waals surface area (Å²) in [5.74, 6) is -1.98. The maximum Gasteiger partial charge on any atom is 0.407 e. The van der Waals surface area contributed by atoms with Gasteiger partial charge in [-0.1, -0.05) is 55.5 Å². The molecule has 1 aliphatic heterocycles. The van der Waals surface area contributed by atoms with Gasteiger partial charge >= 0.3 is 12.1 Å². The van der Waals surface area contributed by atoms with Crippen molar-refractivity contribution in [2.75, 3.05) is 19.7 Å². The molecule has 1 unspecified atom stereocenters. The highest BCUT2D eigenvalue weighted by atomic mass is 19.3. The van der Waals surface area contributed by atoms with Gasteiger partial charge in [0, 0.05) is 25.4 Å². The van der Waals surface area contributed by atoms with Gasteiger partial charge in [-0.3, -0.25) is 9.59 Å². The average Bonchev–Trinajstić information content (AvgIpc) is 3.10. The quantitative estimate of drug-likeness (QED) is 0.608. The molecule has 1 fully saturated rings. The lowest BCUT2D eigenvalue weighted by Gasteiger charge is -2.47. The van der Waals surface area contributed by atoms with Crippen molar-refractivity contribution >= 4 is 18.0 Å². The number of nitrogens with zero attached hydrogens (tertiary/aromatic N) is 1. The van der Waals surface area contributed by atoms with E-state index in [1.54, 1.807) is 6.92 Å². The van der Waals surface area contributed by atoms with Crippen LogP contribution in [0.25, 0.3) is 11.1 Å². The van der Waals surface area contributed by atoms with E-state index in [-0.39, 0.29) is 25.6 Å². The van der Waals surface area contributed by atoms with Crippen LogP contribution in [0.2, 0.25) is 0 Å².